The number of thiazole rings is 1. The van der Waals surface area contributed by atoms with Gasteiger partial charge in [0.25, 0.3) is 5.91 Å². The topological polar surface area (TPSA) is 117 Å². The van der Waals surface area contributed by atoms with Gasteiger partial charge in [-0.3, -0.25) is 9.69 Å². The molecule has 0 bridgehead atoms. The average molecular weight is 589 g/mol. The van der Waals surface area contributed by atoms with Crippen LogP contribution in [-0.4, -0.2) is 96.7 Å². The molecule has 1 aliphatic rings. The van der Waals surface area contributed by atoms with E-state index in [1.165, 1.54) is 50.9 Å². The van der Waals surface area contributed by atoms with Crippen molar-refractivity contribution in [2.24, 2.45) is 0 Å². The molecule has 202 valence electrons. The molecule has 37 heavy (non-hydrogen) atoms. The van der Waals surface area contributed by atoms with Crippen LogP contribution >= 0.6 is 23.7 Å². The summed E-state index contributed by atoms with van der Waals surface area (Å²) < 4.78 is 57.6. The summed E-state index contributed by atoms with van der Waals surface area (Å²) in [6, 6.07) is 10.8. The molecule has 10 nitrogen and oxygen atoms in total. The van der Waals surface area contributed by atoms with Crippen molar-refractivity contribution in [3.05, 3.63) is 48.0 Å². The molecule has 0 spiro atoms. The third kappa shape index (κ3) is 6.48. The first-order valence-corrected chi connectivity index (χ1v) is 15.4. The maximum absolute atomic E-state index is 13.6. The summed E-state index contributed by atoms with van der Waals surface area (Å²) in [6.45, 7) is 2.13. The smallest absolute Gasteiger partial charge is 0.260 e. The molecule has 0 saturated carbocycles. The molecular formula is C23H29ClN4O6S3. The second kappa shape index (κ2) is 11.7. The number of carbonyl (C=O) groups is 1. The lowest BCUT2D eigenvalue weighted by molar-refractivity contribution is 0.0730. The van der Waals surface area contributed by atoms with Crippen LogP contribution in [0.3, 0.4) is 0 Å². The fourth-order valence-electron chi connectivity index (χ4n) is 3.77. The number of para-hydroxylation sites is 1. The van der Waals surface area contributed by atoms with Crippen molar-refractivity contribution >= 4 is 64.9 Å². The molecule has 2 aromatic carbocycles. The number of amides is 1. The van der Waals surface area contributed by atoms with Crippen LogP contribution in [-0.2, 0) is 24.6 Å². The molecular weight excluding hydrogens is 560 g/mol. The van der Waals surface area contributed by atoms with Crippen LogP contribution in [0.5, 0.6) is 0 Å². The Morgan fingerprint density at radius 3 is 2.27 bits per heavy atom. The van der Waals surface area contributed by atoms with Gasteiger partial charge in [-0.1, -0.05) is 17.4 Å². The first-order valence-electron chi connectivity index (χ1n) is 11.2. The minimum Gasteiger partial charge on any atom is -0.379 e. The summed E-state index contributed by atoms with van der Waals surface area (Å²) in [4.78, 5) is 21.7. The van der Waals surface area contributed by atoms with E-state index in [9.17, 15) is 21.6 Å². The highest BCUT2D eigenvalue weighted by Crippen LogP contribution is 2.33. The molecule has 1 aliphatic heterocycles. The molecule has 1 fully saturated rings. The number of benzene rings is 2. The van der Waals surface area contributed by atoms with Gasteiger partial charge >= 0.3 is 0 Å². The van der Waals surface area contributed by atoms with Crippen LogP contribution < -0.4 is 4.90 Å². The Hall–Kier alpha value is -2.13. The number of halogens is 1. The van der Waals surface area contributed by atoms with Gasteiger partial charge in [0.05, 0.1) is 27.7 Å². The van der Waals surface area contributed by atoms with Gasteiger partial charge in [0, 0.05) is 38.0 Å². The lowest BCUT2D eigenvalue weighted by Gasteiger charge is -2.26. The number of sulfone groups is 1. The Labute approximate surface area is 227 Å². The van der Waals surface area contributed by atoms with Gasteiger partial charge in [0.15, 0.2) is 15.0 Å². The molecule has 0 radical (unpaired) electrons. The molecule has 14 heteroatoms. The van der Waals surface area contributed by atoms with Crippen LogP contribution in [0, 0.1) is 0 Å². The summed E-state index contributed by atoms with van der Waals surface area (Å²) in [5.74, 6) is -0.355. The summed E-state index contributed by atoms with van der Waals surface area (Å²) >= 11 is 1.23. The van der Waals surface area contributed by atoms with Crippen molar-refractivity contribution < 1.29 is 26.4 Å². The van der Waals surface area contributed by atoms with E-state index < -0.39 is 19.9 Å². The van der Waals surface area contributed by atoms with Gasteiger partial charge < -0.3 is 9.64 Å². The predicted octanol–water partition coefficient (Wildman–Crippen LogP) is 2.35. The number of aromatic nitrogens is 1. The number of fused-ring (bicyclic) bond motifs is 1. The fourth-order valence-corrected chi connectivity index (χ4v) is 7.09. The molecule has 4 rings (SSSR count). The van der Waals surface area contributed by atoms with Crippen molar-refractivity contribution in [1.29, 1.82) is 0 Å². The van der Waals surface area contributed by atoms with E-state index in [0.29, 0.717) is 47.2 Å². The average Bonchev–Trinajstić information content (AvgIpc) is 3.27. The largest absolute Gasteiger partial charge is 0.379 e. The predicted molar refractivity (Wildman–Crippen MR) is 146 cm³/mol. The van der Waals surface area contributed by atoms with E-state index >= 15 is 0 Å². The highest BCUT2D eigenvalue weighted by Gasteiger charge is 2.28. The first kappa shape index (κ1) is 29.4. The zero-order chi connectivity index (χ0) is 26.1. The Morgan fingerprint density at radius 1 is 1.03 bits per heavy atom. The number of morpholine rings is 1. The molecule has 1 saturated heterocycles. The Kier molecular flexibility index (Phi) is 9.32. The van der Waals surface area contributed by atoms with Gasteiger partial charge in [0.2, 0.25) is 10.0 Å². The molecule has 1 amide bonds. The monoisotopic (exact) mass is 588 g/mol. The van der Waals surface area contributed by atoms with Gasteiger partial charge in [-0.05, 0) is 50.5 Å². The highest BCUT2D eigenvalue weighted by molar-refractivity contribution is 7.91. The molecule has 0 aliphatic carbocycles. The number of nitrogens with zero attached hydrogens (tertiary/aromatic N) is 4. The summed E-state index contributed by atoms with van der Waals surface area (Å²) in [6.07, 6.45) is 1.13. The van der Waals surface area contributed by atoms with Gasteiger partial charge in [-0.25, -0.2) is 21.8 Å². The van der Waals surface area contributed by atoms with Crippen molar-refractivity contribution in [3.8, 4) is 0 Å². The van der Waals surface area contributed by atoms with Crippen molar-refractivity contribution in [2.75, 3.05) is 64.6 Å². The minimum absolute atomic E-state index is 0. The van der Waals surface area contributed by atoms with Gasteiger partial charge in [0.1, 0.15) is 5.52 Å². The lowest BCUT2D eigenvalue weighted by atomic mass is 10.2. The van der Waals surface area contributed by atoms with E-state index in [-0.39, 0.29) is 41.2 Å². The maximum Gasteiger partial charge on any atom is 0.260 e. The number of hydrogen-bond donors (Lipinski definition) is 0. The molecule has 3 aromatic rings. The van der Waals surface area contributed by atoms with E-state index in [2.05, 4.69) is 4.98 Å². The Bertz CT molecular complexity index is 1470. The SMILES string of the molecule is CN(C)CCN(C(=O)c1ccc(S(=O)(=O)N2CCOCC2)cc1)c1nc2c(S(C)(=O)=O)cccc2s1.Cl. The number of hydrogen-bond acceptors (Lipinski definition) is 9. The van der Waals surface area contributed by atoms with E-state index in [1.54, 1.807) is 12.1 Å². The minimum atomic E-state index is -3.68. The van der Waals surface area contributed by atoms with Gasteiger partial charge in [-0.2, -0.15) is 4.31 Å². The molecule has 0 atom stereocenters. The number of sulfonamides is 1. The highest BCUT2D eigenvalue weighted by atomic mass is 35.5. The molecule has 0 N–H and O–H groups in total. The molecule has 0 unspecified atom stereocenters. The number of likely N-dealkylation sites (N-methyl/N-ethyl adjacent to an activating group) is 1. The van der Waals surface area contributed by atoms with Crippen molar-refractivity contribution in [2.45, 2.75) is 9.79 Å². The van der Waals surface area contributed by atoms with Crippen molar-refractivity contribution in [3.63, 3.8) is 0 Å². The third-order valence-electron chi connectivity index (χ3n) is 5.73. The number of ether oxygens (including phenoxy) is 1. The number of rotatable bonds is 8. The third-order valence-corrected chi connectivity index (χ3v) is 9.81. The summed E-state index contributed by atoms with van der Waals surface area (Å²) in [7, 11) is -3.42. The molecule has 1 aromatic heterocycles. The standard InChI is InChI=1S/C23H28N4O6S3.ClH/c1-25(2)11-12-27(23-24-21-19(34-23)5-4-6-20(21)35(3,29)30)22(28)17-7-9-18(10-8-17)36(31,32)26-13-15-33-16-14-26;/h4-10H,11-16H2,1-3H3;1H. The van der Waals surface area contributed by atoms with Crippen LogP contribution in [0.1, 0.15) is 10.4 Å². The number of anilines is 1. The van der Waals surface area contributed by atoms with E-state index in [0.717, 1.165) is 6.26 Å². The second-order valence-electron chi connectivity index (χ2n) is 8.67. The summed E-state index contributed by atoms with van der Waals surface area (Å²) in [5, 5.41) is 0.373. The van der Waals surface area contributed by atoms with Crippen LogP contribution in [0.15, 0.2) is 52.3 Å². The zero-order valence-electron chi connectivity index (χ0n) is 20.7. The van der Waals surface area contributed by atoms with Crippen LogP contribution in [0.4, 0.5) is 5.13 Å². The first-order chi connectivity index (χ1) is 17.0. The second-order valence-corrected chi connectivity index (χ2v) is 13.6. The normalized spacial score (nSPS) is 15.0. The van der Waals surface area contributed by atoms with Crippen LogP contribution in [0.2, 0.25) is 0 Å². The zero-order valence-corrected chi connectivity index (χ0v) is 23.9. The quantitative estimate of drug-likeness (QED) is 0.394. The fraction of sp³-hybridized carbons (Fsp3) is 0.391. The van der Waals surface area contributed by atoms with E-state index in [4.69, 9.17) is 4.74 Å². The Balaban J connectivity index is 0.00000380. The lowest BCUT2D eigenvalue weighted by Crippen LogP contribution is -2.40. The van der Waals surface area contributed by atoms with Gasteiger partial charge in [-0.15, -0.1) is 12.4 Å². The van der Waals surface area contributed by atoms with Crippen LogP contribution in [0.25, 0.3) is 10.2 Å². The molecule has 2 heterocycles. The van der Waals surface area contributed by atoms with Crippen molar-refractivity contribution in [1.82, 2.24) is 14.2 Å². The summed E-state index contributed by atoms with van der Waals surface area (Å²) in [5.41, 5.74) is 0.631. The number of carbonyl (C=O) groups excluding carboxylic acids is 1. The van der Waals surface area contributed by atoms with E-state index in [1.807, 2.05) is 19.0 Å². The maximum atomic E-state index is 13.6. The Morgan fingerprint density at radius 2 is 1.68 bits per heavy atom.